The largest absolute Gasteiger partial charge is 0.478 e. The van der Waals surface area contributed by atoms with Crippen LogP contribution in [0.25, 0.3) is 0 Å². The average Bonchev–Trinajstić information content (AvgIpc) is 2.24. The summed E-state index contributed by atoms with van der Waals surface area (Å²) in [5, 5.41) is 11.5. The van der Waals surface area contributed by atoms with Crippen molar-refractivity contribution in [1.29, 1.82) is 0 Å². The summed E-state index contributed by atoms with van der Waals surface area (Å²) in [4.78, 5) is 10.9. The Kier molecular flexibility index (Phi) is 4.71. The van der Waals surface area contributed by atoms with Crippen LogP contribution in [0.2, 0.25) is 0 Å². The van der Waals surface area contributed by atoms with Crippen molar-refractivity contribution >= 4 is 29.1 Å². The highest BCUT2D eigenvalue weighted by atomic mass is 32.2. The molecule has 0 amide bonds. The van der Waals surface area contributed by atoms with E-state index in [0.29, 0.717) is 0 Å². The van der Waals surface area contributed by atoms with Crippen LogP contribution in [0, 0.1) is 0 Å². The van der Waals surface area contributed by atoms with Gasteiger partial charge in [0.05, 0.1) is 5.56 Å². The number of halogens is 3. The zero-order chi connectivity index (χ0) is 13.8. The second-order valence-corrected chi connectivity index (χ2v) is 4.49. The molecule has 1 rings (SSSR count). The lowest BCUT2D eigenvalue weighted by molar-refractivity contribution is -0.0327. The summed E-state index contributed by atoms with van der Waals surface area (Å²) in [5.41, 5.74) is 1.62. The Balaban J connectivity index is 2.59. The van der Waals surface area contributed by atoms with Crippen LogP contribution in [0.4, 0.5) is 24.5 Å². The van der Waals surface area contributed by atoms with Crippen molar-refractivity contribution in [2.24, 2.45) is 0 Å². The maximum atomic E-state index is 11.9. The van der Waals surface area contributed by atoms with E-state index in [1.807, 2.05) is 0 Å². The first-order valence-electron chi connectivity index (χ1n) is 4.87. The van der Waals surface area contributed by atoms with Crippen molar-refractivity contribution in [1.82, 2.24) is 0 Å². The zero-order valence-corrected chi connectivity index (χ0v) is 9.94. The van der Waals surface area contributed by atoms with Gasteiger partial charge in [-0.2, -0.15) is 13.2 Å². The van der Waals surface area contributed by atoms with Gasteiger partial charge in [0, 0.05) is 23.7 Å². The first-order chi connectivity index (χ1) is 8.29. The minimum Gasteiger partial charge on any atom is -0.478 e. The van der Waals surface area contributed by atoms with E-state index < -0.39 is 11.5 Å². The van der Waals surface area contributed by atoms with E-state index in [9.17, 15) is 18.0 Å². The molecule has 0 bridgehead atoms. The first kappa shape index (κ1) is 14.5. The minimum atomic E-state index is -4.28. The van der Waals surface area contributed by atoms with Gasteiger partial charge in [0.1, 0.15) is 0 Å². The Bertz CT molecular complexity index is 438. The number of alkyl halides is 3. The summed E-state index contributed by atoms with van der Waals surface area (Å²) in [7, 11) is 0. The molecule has 0 aliphatic rings. The van der Waals surface area contributed by atoms with Gasteiger partial charge in [0.15, 0.2) is 0 Å². The molecule has 0 fully saturated rings. The van der Waals surface area contributed by atoms with Crippen molar-refractivity contribution in [3.63, 3.8) is 0 Å². The molecule has 0 radical (unpaired) electrons. The van der Waals surface area contributed by atoms with Crippen LogP contribution >= 0.6 is 11.8 Å². The molecule has 0 unspecified atom stereocenters. The molecule has 18 heavy (non-hydrogen) atoms. The molecule has 0 aromatic heterocycles. The number of aromatic carboxylic acids is 1. The van der Waals surface area contributed by atoms with Gasteiger partial charge in [-0.15, -0.1) is 0 Å². The highest BCUT2D eigenvalue weighted by Crippen LogP contribution is 2.29. The second-order valence-electron chi connectivity index (χ2n) is 3.33. The van der Waals surface area contributed by atoms with Crippen molar-refractivity contribution in [3.05, 3.63) is 23.8 Å². The van der Waals surface area contributed by atoms with E-state index in [1.165, 1.54) is 18.2 Å². The van der Waals surface area contributed by atoms with E-state index in [-0.39, 0.29) is 41.0 Å². The fourth-order valence-corrected chi connectivity index (χ4v) is 1.68. The number of hydrogen-bond donors (Lipinski definition) is 3. The number of carbonyl (C=O) groups is 1. The number of nitrogen functional groups attached to an aromatic ring is 1. The van der Waals surface area contributed by atoms with Crippen LogP contribution < -0.4 is 11.1 Å². The third-order valence-electron chi connectivity index (χ3n) is 1.96. The van der Waals surface area contributed by atoms with E-state index in [2.05, 4.69) is 5.32 Å². The quantitative estimate of drug-likeness (QED) is 0.571. The Hall–Kier alpha value is -1.57. The van der Waals surface area contributed by atoms with Crippen LogP contribution in [-0.2, 0) is 0 Å². The number of rotatable bonds is 5. The number of hydrogen-bond acceptors (Lipinski definition) is 4. The van der Waals surface area contributed by atoms with Gasteiger partial charge in [0.25, 0.3) is 0 Å². The Labute approximate surface area is 105 Å². The molecule has 0 spiro atoms. The van der Waals surface area contributed by atoms with Crippen molar-refractivity contribution in [3.8, 4) is 0 Å². The number of benzene rings is 1. The third kappa shape index (κ3) is 4.74. The topological polar surface area (TPSA) is 75.3 Å². The molecular weight excluding hydrogens is 269 g/mol. The van der Waals surface area contributed by atoms with Gasteiger partial charge in [-0.25, -0.2) is 4.79 Å². The smallest absolute Gasteiger partial charge is 0.441 e. The number of nitrogens with one attached hydrogen (secondary N) is 1. The fraction of sp³-hybridized carbons (Fsp3) is 0.300. The molecule has 4 N–H and O–H groups in total. The average molecular weight is 280 g/mol. The molecule has 0 saturated heterocycles. The van der Waals surface area contributed by atoms with Crippen LogP contribution in [0.3, 0.4) is 0 Å². The molecule has 0 aliphatic heterocycles. The predicted octanol–water partition coefficient (Wildman–Crippen LogP) is 2.63. The molecule has 100 valence electrons. The monoisotopic (exact) mass is 280 g/mol. The minimum absolute atomic E-state index is 0.00831. The maximum Gasteiger partial charge on any atom is 0.441 e. The lowest BCUT2D eigenvalue weighted by Gasteiger charge is -2.10. The van der Waals surface area contributed by atoms with E-state index in [0.717, 1.165) is 0 Å². The first-order valence-corrected chi connectivity index (χ1v) is 5.85. The van der Waals surface area contributed by atoms with Gasteiger partial charge in [-0.1, -0.05) is 0 Å². The van der Waals surface area contributed by atoms with E-state index in [1.54, 1.807) is 0 Å². The molecule has 0 saturated carbocycles. The van der Waals surface area contributed by atoms with Crippen molar-refractivity contribution < 1.29 is 23.1 Å². The van der Waals surface area contributed by atoms with E-state index in [4.69, 9.17) is 10.8 Å². The molecule has 1 aromatic rings. The zero-order valence-electron chi connectivity index (χ0n) is 9.12. The van der Waals surface area contributed by atoms with Crippen LogP contribution in [0.15, 0.2) is 18.2 Å². The highest BCUT2D eigenvalue weighted by molar-refractivity contribution is 8.00. The number of anilines is 2. The molecule has 0 aliphatic carbocycles. The van der Waals surface area contributed by atoms with Gasteiger partial charge >= 0.3 is 11.5 Å². The number of carboxylic acid groups (broad SMARTS) is 1. The van der Waals surface area contributed by atoms with Crippen molar-refractivity contribution in [2.45, 2.75) is 5.51 Å². The second kappa shape index (κ2) is 5.85. The molecular formula is C10H11F3N2O2S. The van der Waals surface area contributed by atoms with Crippen molar-refractivity contribution in [2.75, 3.05) is 23.3 Å². The van der Waals surface area contributed by atoms with Crippen LogP contribution in [-0.4, -0.2) is 28.9 Å². The Morgan fingerprint density at radius 3 is 2.67 bits per heavy atom. The summed E-state index contributed by atoms with van der Waals surface area (Å²) < 4.78 is 35.6. The van der Waals surface area contributed by atoms with Crippen LogP contribution in [0.5, 0.6) is 0 Å². The maximum absolute atomic E-state index is 11.9. The number of nitrogens with two attached hydrogens (primary N) is 1. The molecule has 0 heterocycles. The molecule has 1 aromatic carbocycles. The Morgan fingerprint density at radius 2 is 2.11 bits per heavy atom. The fourth-order valence-electron chi connectivity index (χ4n) is 1.25. The highest BCUT2D eigenvalue weighted by Gasteiger charge is 2.27. The van der Waals surface area contributed by atoms with Gasteiger partial charge in [-0.05, 0) is 30.0 Å². The normalized spacial score (nSPS) is 11.3. The van der Waals surface area contributed by atoms with Gasteiger partial charge < -0.3 is 16.2 Å². The Morgan fingerprint density at radius 1 is 1.44 bits per heavy atom. The summed E-state index contributed by atoms with van der Waals surface area (Å²) >= 11 is -0.164. The predicted molar refractivity (Wildman–Crippen MR) is 64.8 cm³/mol. The molecule has 4 nitrogen and oxygen atoms in total. The third-order valence-corrected chi connectivity index (χ3v) is 2.69. The lowest BCUT2D eigenvalue weighted by Crippen LogP contribution is -2.12. The van der Waals surface area contributed by atoms with Crippen LogP contribution in [0.1, 0.15) is 10.4 Å². The van der Waals surface area contributed by atoms with E-state index >= 15 is 0 Å². The summed E-state index contributed by atoms with van der Waals surface area (Å²) in [6.45, 7) is 0.00831. The van der Waals surface area contributed by atoms with Gasteiger partial charge in [-0.3, -0.25) is 0 Å². The summed E-state index contributed by atoms with van der Waals surface area (Å²) in [6.07, 6.45) is 0. The van der Waals surface area contributed by atoms with Gasteiger partial charge in [0.2, 0.25) is 0 Å². The molecule has 8 heteroatoms. The summed E-state index contributed by atoms with van der Waals surface area (Å²) in [5.74, 6) is -1.39. The SMILES string of the molecule is Nc1ccc(NCCSC(F)(F)F)c(C(=O)O)c1. The molecule has 0 atom stereocenters. The standard InChI is InChI=1S/C10H11F3N2O2S/c11-10(12,13)18-4-3-15-8-2-1-6(14)5-7(8)9(16)17/h1-2,5,15H,3-4,14H2,(H,16,17). The number of carboxylic acids is 1. The lowest BCUT2D eigenvalue weighted by atomic mass is 10.1. The number of thioether (sulfide) groups is 1. The summed E-state index contributed by atoms with van der Waals surface area (Å²) in [6, 6.07) is 4.16.